The molecule has 0 saturated heterocycles. The van der Waals surface area contributed by atoms with Crippen LogP contribution in [-0.2, 0) is 20.7 Å². The van der Waals surface area contributed by atoms with Crippen molar-refractivity contribution >= 4 is 29.7 Å². The average molecular weight is 355 g/mol. The van der Waals surface area contributed by atoms with E-state index in [9.17, 15) is 9.59 Å². The van der Waals surface area contributed by atoms with E-state index in [1.54, 1.807) is 17.8 Å². The molecule has 0 fully saturated rings. The van der Waals surface area contributed by atoms with E-state index in [4.69, 9.17) is 4.74 Å². The van der Waals surface area contributed by atoms with Gasteiger partial charge in [-0.3, -0.25) is 4.79 Å². The molecule has 0 aromatic heterocycles. The van der Waals surface area contributed by atoms with E-state index in [1.165, 1.54) is 6.08 Å². The highest BCUT2D eigenvalue weighted by Crippen LogP contribution is 2.15. The van der Waals surface area contributed by atoms with Gasteiger partial charge in [0.25, 0.3) is 5.91 Å². The first-order valence-corrected chi connectivity index (χ1v) is 9.19. The van der Waals surface area contributed by atoms with Crippen molar-refractivity contribution in [1.82, 2.24) is 5.32 Å². The maximum atomic E-state index is 11.7. The number of amides is 1. The summed E-state index contributed by atoms with van der Waals surface area (Å²) >= 11 is 1.66. The molecule has 0 atom stereocenters. The summed E-state index contributed by atoms with van der Waals surface area (Å²) in [5, 5.41) is 2.73. The zero-order chi connectivity index (χ0) is 17.9. The Morgan fingerprint density at radius 1 is 1.08 bits per heavy atom. The third kappa shape index (κ3) is 7.27. The van der Waals surface area contributed by atoms with Crippen LogP contribution in [0.3, 0.4) is 0 Å². The standard InChI is InChI=1S/C20H21NO3S/c1-25-18-10-7-17(8-11-18)9-12-20(23)24-15-19(22)21-14-13-16-5-3-2-4-6-16/h2-12H,13-15H2,1H3,(H,21,22)/b12-9+. The van der Waals surface area contributed by atoms with Gasteiger partial charge >= 0.3 is 5.97 Å². The van der Waals surface area contributed by atoms with Crippen LogP contribution in [-0.4, -0.2) is 31.3 Å². The molecule has 130 valence electrons. The summed E-state index contributed by atoms with van der Waals surface area (Å²) in [5.74, 6) is -0.839. The quantitative estimate of drug-likeness (QED) is 0.448. The minimum Gasteiger partial charge on any atom is -0.452 e. The predicted octanol–water partition coefficient (Wildman–Crippen LogP) is 3.32. The number of benzene rings is 2. The number of hydrogen-bond donors (Lipinski definition) is 1. The topological polar surface area (TPSA) is 55.4 Å². The Balaban J connectivity index is 1.66. The van der Waals surface area contributed by atoms with Crippen molar-refractivity contribution in [3.05, 3.63) is 71.8 Å². The van der Waals surface area contributed by atoms with Crippen LogP contribution < -0.4 is 5.32 Å². The van der Waals surface area contributed by atoms with Crippen LogP contribution in [0.25, 0.3) is 6.08 Å². The van der Waals surface area contributed by atoms with Gasteiger partial charge in [0.1, 0.15) is 0 Å². The van der Waals surface area contributed by atoms with E-state index in [-0.39, 0.29) is 12.5 Å². The molecule has 4 nitrogen and oxygen atoms in total. The van der Waals surface area contributed by atoms with Gasteiger partial charge in [0, 0.05) is 17.5 Å². The molecular formula is C20H21NO3S. The first kappa shape index (κ1) is 18.8. The Morgan fingerprint density at radius 3 is 2.48 bits per heavy atom. The third-order valence-electron chi connectivity index (χ3n) is 3.45. The van der Waals surface area contributed by atoms with Crippen molar-refractivity contribution in [2.45, 2.75) is 11.3 Å². The summed E-state index contributed by atoms with van der Waals surface area (Å²) in [6.45, 7) is 0.238. The fourth-order valence-corrected chi connectivity index (χ4v) is 2.51. The van der Waals surface area contributed by atoms with Gasteiger partial charge in [-0.2, -0.15) is 0 Å². The van der Waals surface area contributed by atoms with Gasteiger partial charge in [0.05, 0.1) is 0 Å². The minimum absolute atomic E-state index is 0.274. The molecule has 1 amide bonds. The molecule has 2 aromatic rings. The Bertz CT molecular complexity index is 711. The summed E-state index contributed by atoms with van der Waals surface area (Å²) in [4.78, 5) is 24.5. The smallest absolute Gasteiger partial charge is 0.331 e. The molecule has 0 unspecified atom stereocenters. The van der Waals surface area contributed by atoms with E-state index in [1.807, 2.05) is 60.9 Å². The molecule has 0 radical (unpaired) electrons. The van der Waals surface area contributed by atoms with Crippen LogP contribution in [0.2, 0.25) is 0 Å². The first-order valence-electron chi connectivity index (χ1n) is 7.97. The summed E-state index contributed by atoms with van der Waals surface area (Å²) < 4.78 is 4.93. The van der Waals surface area contributed by atoms with Gasteiger partial charge in [-0.05, 0) is 42.0 Å². The van der Waals surface area contributed by atoms with Crippen LogP contribution in [0.5, 0.6) is 0 Å². The lowest BCUT2D eigenvalue weighted by Gasteiger charge is -2.05. The molecule has 0 aliphatic heterocycles. The van der Waals surface area contributed by atoms with Crippen LogP contribution >= 0.6 is 11.8 Å². The summed E-state index contributed by atoms with van der Waals surface area (Å²) in [6.07, 6.45) is 5.74. The van der Waals surface area contributed by atoms with E-state index in [0.29, 0.717) is 6.54 Å². The van der Waals surface area contributed by atoms with Crippen LogP contribution in [0, 0.1) is 0 Å². The minimum atomic E-state index is -0.535. The monoisotopic (exact) mass is 355 g/mol. The summed E-state index contributed by atoms with van der Waals surface area (Å²) in [6, 6.07) is 17.7. The number of ether oxygens (including phenoxy) is 1. The number of esters is 1. The van der Waals surface area contributed by atoms with E-state index in [0.717, 1.165) is 22.4 Å². The van der Waals surface area contributed by atoms with E-state index < -0.39 is 5.97 Å². The van der Waals surface area contributed by atoms with Gasteiger partial charge in [-0.1, -0.05) is 42.5 Å². The number of carbonyl (C=O) groups excluding carboxylic acids is 2. The fraction of sp³-hybridized carbons (Fsp3) is 0.200. The lowest BCUT2D eigenvalue weighted by atomic mass is 10.1. The lowest BCUT2D eigenvalue weighted by Crippen LogP contribution is -2.30. The van der Waals surface area contributed by atoms with Gasteiger partial charge in [-0.15, -0.1) is 11.8 Å². The third-order valence-corrected chi connectivity index (χ3v) is 4.20. The number of thioether (sulfide) groups is 1. The zero-order valence-corrected chi connectivity index (χ0v) is 14.9. The Labute approximate surface area is 152 Å². The van der Waals surface area contributed by atoms with Gasteiger partial charge in [0.15, 0.2) is 6.61 Å². The number of rotatable bonds is 8. The normalized spacial score (nSPS) is 10.6. The van der Waals surface area contributed by atoms with Crippen molar-refractivity contribution in [3.63, 3.8) is 0 Å². The van der Waals surface area contributed by atoms with Crippen LogP contribution in [0.4, 0.5) is 0 Å². The van der Waals surface area contributed by atoms with Crippen LogP contribution in [0.15, 0.2) is 65.6 Å². The molecule has 0 aliphatic rings. The Hall–Kier alpha value is -2.53. The van der Waals surface area contributed by atoms with Crippen molar-refractivity contribution in [1.29, 1.82) is 0 Å². The zero-order valence-electron chi connectivity index (χ0n) is 14.1. The molecular weight excluding hydrogens is 334 g/mol. The maximum Gasteiger partial charge on any atom is 0.331 e. The molecule has 2 aromatic carbocycles. The highest BCUT2D eigenvalue weighted by atomic mass is 32.2. The van der Waals surface area contributed by atoms with Crippen molar-refractivity contribution in [3.8, 4) is 0 Å². The summed E-state index contributed by atoms with van der Waals surface area (Å²) in [7, 11) is 0. The number of carbonyl (C=O) groups is 2. The van der Waals surface area contributed by atoms with Gasteiger partial charge in [0.2, 0.25) is 0 Å². The maximum absolute atomic E-state index is 11.7. The molecule has 0 saturated carbocycles. The number of hydrogen-bond acceptors (Lipinski definition) is 4. The van der Waals surface area contributed by atoms with Gasteiger partial charge < -0.3 is 10.1 Å². The first-order chi connectivity index (χ1) is 12.2. The molecule has 0 aliphatic carbocycles. The molecule has 0 spiro atoms. The average Bonchev–Trinajstić information content (AvgIpc) is 2.66. The van der Waals surface area contributed by atoms with Crippen molar-refractivity contribution in [2.75, 3.05) is 19.4 Å². The van der Waals surface area contributed by atoms with E-state index in [2.05, 4.69) is 5.32 Å². The molecule has 25 heavy (non-hydrogen) atoms. The Kier molecular flexibility index (Phi) is 7.79. The van der Waals surface area contributed by atoms with Crippen molar-refractivity contribution < 1.29 is 14.3 Å². The molecule has 5 heteroatoms. The lowest BCUT2D eigenvalue weighted by molar-refractivity contribution is -0.143. The number of nitrogens with one attached hydrogen (secondary N) is 1. The second-order valence-corrected chi connectivity index (χ2v) is 6.18. The second kappa shape index (κ2) is 10.4. The molecule has 2 rings (SSSR count). The highest BCUT2D eigenvalue weighted by molar-refractivity contribution is 7.98. The SMILES string of the molecule is CSc1ccc(/C=C/C(=O)OCC(=O)NCCc2ccccc2)cc1. The van der Waals surface area contributed by atoms with E-state index >= 15 is 0 Å². The molecule has 0 heterocycles. The highest BCUT2D eigenvalue weighted by Gasteiger charge is 2.04. The largest absolute Gasteiger partial charge is 0.452 e. The van der Waals surface area contributed by atoms with Crippen LogP contribution in [0.1, 0.15) is 11.1 Å². The second-order valence-electron chi connectivity index (χ2n) is 5.30. The Morgan fingerprint density at radius 2 is 1.80 bits per heavy atom. The van der Waals surface area contributed by atoms with Crippen molar-refractivity contribution in [2.24, 2.45) is 0 Å². The molecule has 1 N–H and O–H groups in total. The van der Waals surface area contributed by atoms with Gasteiger partial charge in [-0.25, -0.2) is 4.79 Å². The predicted molar refractivity (Wildman–Crippen MR) is 101 cm³/mol. The molecule has 0 bridgehead atoms. The summed E-state index contributed by atoms with van der Waals surface area (Å²) in [5.41, 5.74) is 2.05. The fourth-order valence-electron chi connectivity index (χ4n) is 2.11.